The van der Waals surface area contributed by atoms with Gasteiger partial charge in [0.05, 0.1) is 0 Å². The average Bonchev–Trinajstić information content (AvgIpc) is 2.68. The van der Waals surface area contributed by atoms with Crippen LogP contribution >= 0.6 is 0 Å². The Bertz CT molecular complexity index is 1040. The van der Waals surface area contributed by atoms with E-state index < -0.39 is 15.7 Å². The molecule has 0 fully saturated rings. The molecule has 0 radical (unpaired) electrons. The van der Waals surface area contributed by atoms with Crippen molar-refractivity contribution in [3.8, 4) is 5.75 Å². The van der Waals surface area contributed by atoms with E-state index in [1.807, 2.05) is 6.92 Å². The van der Waals surface area contributed by atoms with Crippen molar-refractivity contribution < 1.29 is 22.5 Å². The Balaban J connectivity index is 2.06. The van der Waals surface area contributed by atoms with Crippen LogP contribution in [0.25, 0.3) is 0 Å². The zero-order valence-corrected chi connectivity index (χ0v) is 15.4. The first kappa shape index (κ1) is 18.8. The van der Waals surface area contributed by atoms with Crippen molar-refractivity contribution in [2.45, 2.75) is 17.4 Å². The summed E-state index contributed by atoms with van der Waals surface area (Å²) < 4.78 is 30.5. The highest BCUT2D eigenvalue weighted by Gasteiger charge is 2.35. The van der Waals surface area contributed by atoms with Crippen LogP contribution in [0.3, 0.4) is 0 Å². The second kappa shape index (κ2) is 7.34. The van der Waals surface area contributed by atoms with Gasteiger partial charge in [-0.05, 0) is 30.7 Å². The number of carbonyl (C=O) groups is 1. The first-order valence-electron chi connectivity index (χ1n) is 8.22. The number of carbonyl (C=O) groups excluding carboxylic acids is 1. The van der Waals surface area contributed by atoms with Gasteiger partial charge in [-0.25, -0.2) is 0 Å². The van der Waals surface area contributed by atoms with Gasteiger partial charge in [0.1, 0.15) is 10.6 Å². The summed E-state index contributed by atoms with van der Waals surface area (Å²) in [5.41, 5.74) is -0.778. The van der Waals surface area contributed by atoms with Crippen molar-refractivity contribution in [3.63, 3.8) is 0 Å². The number of aldehydes is 1. The van der Waals surface area contributed by atoms with Crippen molar-refractivity contribution in [2.24, 2.45) is 0 Å². The third-order valence-corrected chi connectivity index (χ3v) is 5.44. The molecule has 27 heavy (non-hydrogen) atoms. The summed E-state index contributed by atoms with van der Waals surface area (Å²) in [6.07, 6.45) is 0.364. The van der Waals surface area contributed by atoms with E-state index in [0.29, 0.717) is 11.8 Å². The summed E-state index contributed by atoms with van der Waals surface area (Å²) in [7, 11) is -4.13. The molecule has 0 aliphatic heterocycles. The van der Waals surface area contributed by atoms with Gasteiger partial charge in [0, 0.05) is 5.56 Å². The fraction of sp³-hybridized carbons (Fsp3) is 0.0952. The molecule has 6 heteroatoms. The van der Waals surface area contributed by atoms with Crippen molar-refractivity contribution >= 4 is 16.4 Å². The number of aliphatic hydroxyl groups is 1. The highest BCUT2D eigenvalue weighted by Crippen LogP contribution is 2.35. The molecular formula is C21H18O5S. The predicted molar refractivity (Wildman–Crippen MR) is 101 cm³/mol. The molecule has 0 amide bonds. The number of benzene rings is 3. The third kappa shape index (κ3) is 3.77. The van der Waals surface area contributed by atoms with Crippen molar-refractivity contribution in [1.29, 1.82) is 0 Å². The molecule has 3 aromatic rings. The van der Waals surface area contributed by atoms with E-state index in [9.17, 15) is 18.3 Å². The highest BCUT2D eigenvalue weighted by molar-refractivity contribution is 7.87. The lowest BCUT2D eigenvalue weighted by Gasteiger charge is -2.25. The smallest absolute Gasteiger partial charge is 0.339 e. The van der Waals surface area contributed by atoms with E-state index >= 15 is 0 Å². The fourth-order valence-electron chi connectivity index (χ4n) is 2.70. The Kier molecular flexibility index (Phi) is 5.12. The quantitative estimate of drug-likeness (QED) is 0.523. The van der Waals surface area contributed by atoms with Gasteiger partial charge >= 0.3 is 10.1 Å². The standard InChI is InChI=1S/C21H18O5S/c1-16-11-13-18(14-12-16)27(24,25)26-20-10-6-5-9-19(20)21(23,15-22)17-7-3-2-4-8-17/h2-15,23H,1H3. The normalized spacial score (nSPS) is 13.6. The molecule has 0 heterocycles. The van der Waals surface area contributed by atoms with Crippen LogP contribution in [0.1, 0.15) is 16.7 Å². The first-order chi connectivity index (χ1) is 12.9. The van der Waals surface area contributed by atoms with Crippen molar-refractivity contribution in [2.75, 3.05) is 0 Å². The average molecular weight is 382 g/mol. The summed E-state index contributed by atoms with van der Waals surface area (Å²) in [4.78, 5) is 11.8. The van der Waals surface area contributed by atoms with Crippen LogP contribution < -0.4 is 4.18 Å². The molecule has 0 saturated carbocycles. The molecule has 0 spiro atoms. The summed E-state index contributed by atoms with van der Waals surface area (Å²) in [6, 6.07) is 20.5. The number of hydrogen-bond donors (Lipinski definition) is 1. The van der Waals surface area contributed by atoms with E-state index in [2.05, 4.69) is 0 Å². The molecule has 1 N–H and O–H groups in total. The van der Waals surface area contributed by atoms with Gasteiger partial charge in [-0.1, -0.05) is 66.2 Å². The monoisotopic (exact) mass is 382 g/mol. The molecule has 3 rings (SSSR count). The maximum absolute atomic E-state index is 12.6. The van der Waals surface area contributed by atoms with Gasteiger partial charge in [-0.3, -0.25) is 4.79 Å². The maximum atomic E-state index is 12.6. The lowest BCUT2D eigenvalue weighted by molar-refractivity contribution is -0.121. The van der Waals surface area contributed by atoms with Gasteiger partial charge < -0.3 is 9.29 Å². The van der Waals surface area contributed by atoms with E-state index in [0.717, 1.165) is 5.56 Å². The molecule has 3 aromatic carbocycles. The second-order valence-electron chi connectivity index (χ2n) is 6.10. The van der Waals surface area contributed by atoms with E-state index in [1.54, 1.807) is 54.6 Å². The third-order valence-electron chi connectivity index (χ3n) is 4.19. The largest absolute Gasteiger partial charge is 0.379 e. The summed E-state index contributed by atoms with van der Waals surface area (Å²) in [5, 5.41) is 11.0. The molecule has 0 aliphatic rings. The Morgan fingerprint density at radius 2 is 1.48 bits per heavy atom. The molecule has 1 unspecified atom stereocenters. The Morgan fingerprint density at radius 3 is 2.11 bits per heavy atom. The first-order valence-corrected chi connectivity index (χ1v) is 9.62. The number of rotatable bonds is 6. The lowest BCUT2D eigenvalue weighted by atomic mass is 9.87. The lowest BCUT2D eigenvalue weighted by Crippen LogP contribution is -2.30. The van der Waals surface area contributed by atoms with Gasteiger partial charge in [-0.15, -0.1) is 0 Å². The molecule has 5 nitrogen and oxygen atoms in total. The minimum Gasteiger partial charge on any atom is -0.379 e. The molecule has 0 bridgehead atoms. The zero-order chi connectivity index (χ0) is 19.5. The molecular weight excluding hydrogens is 364 g/mol. The van der Waals surface area contributed by atoms with Crippen LogP contribution in [0.5, 0.6) is 5.75 Å². The van der Waals surface area contributed by atoms with Gasteiger partial charge in [0.15, 0.2) is 11.9 Å². The molecule has 138 valence electrons. The number of para-hydroxylation sites is 1. The summed E-state index contributed by atoms with van der Waals surface area (Å²) in [6.45, 7) is 1.84. The zero-order valence-electron chi connectivity index (χ0n) is 14.6. The highest BCUT2D eigenvalue weighted by atomic mass is 32.2. The topological polar surface area (TPSA) is 80.7 Å². The van der Waals surface area contributed by atoms with Crippen LogP contribution in [0.2, 0.25) is 0 Å². The van der Waals surface area contributed by atoms with E-state index in [-0.39, 0.29) is 16.2 Å². The van der Waals surface area contributed by atoms with Crippen molar-refractivity contribution in [1.82, 2.24) is 0 Å². The van der Waals surface area contributed by atoms with Gasteiger partial charge in [0.25, 0.3) is 0 Å². The molecule has 0 saturated heterocycles. The van der Waals surface area contributed by atoms with Gasteiger partial charge in [-0.2, -0.15) is 8.42 Å². The van der Waals surface area contributed by atoms with Crippen LogP contribution in [0.15, 0.2) is 83.8 Å². The molecule has 1 atom stereocenters. The predicted octanol–water partition coefficient (Wildman–Crippen LogP) is 3.20. The number of aryl methyl sites for hydroxylation is 1. The molecule has 0 aromatic heterocycles. The van der Waals surface area contributed by atoms with E-state index in [4.69, 9.17) is 4.18 Å². The minimum atomic E-state index is -4.13. The summed E-state index contributed by atoms with van der Waals surface area (Å²) in [5.74, 6) is -0.114. The fourth-order valence-corrected chi connectivity index (χ4v) is 3.65. The Morgan fingerprint density at radius 1 is 0.889 bits per heavy atom. The number of hydrogen-bond acceptors (Lipinski definition) is 5. The Hall–Kier alpha value is -2.96. The van der Waals surface area contributed by atoms with Crippen LogP contribution in [0.4, 0.5) is 0 Å². The second-order valence-corrected chi connectivity index (χ2v) is 7.64. The van der Waals surface area contributed by atoms with Crippen molar-refractivity contribution in [3.05, 3.63) is 95.6 Å². The van der Waals surface area contributed by atoms with E-state index in [1.165, 1.54) is 24.3 Å². The van der Waals surface area contributed by atoms with Crippen LogP contribution in [-0.4, -0.2) is 19.8 Å². The molecule has 0 aliphatic carbocycles. The minimum absolute atomic E-state index is 0.0164. The van der Waals surface area contributed by atoms with Crippen LogP contribution in [0, 0.1) is 6.92 Å². The SMILES string of the molecule is Cc1ccc(S(=O)(=O)Oc2ccccc2C(O)(C=O)c2ccccc2)cc1. The van der Waals surface area contributed by atoms with Gasteiger partial charge in [0.2, 0.25) is 0 Å². The van der Waals surface area contributed by atoms with Crippen LogP contribution in [-0.2, 0) is 20.5 Å². The maximum Gasteiger partial charge on any atom is 0.339 e. The Labute approximate surface area is 158 Å². The summed E-state index contributed by atoms with van der Waals surface area (Å²) >= 11 is 0.